The average Bonchev–Trinajstić information content (AvgIpc) is 3.42. The van der Waals surface area contributed by atoms with Crippen molar-refractivity contribution in [1.29, 1.82) is 0 Å². The molecule has 1 unspecified atom stereocenters. The molecule has 37 heavy (non-hydrogen) atoms. The predicted octanol–water partition coefficient (Wildman–Crippen LogP) is 6.40. The van der Waals surface area contributed by atoms with Crippen LogP contribution in [0.5, 0.6) is 5.75 Å². The summed E-state index contributed by atoms with van der Waals surface area (Å²) in [4.78, 5) is 32.9. The van der Waals surface area contributed by atoms with Crippen LogP contribution < -0.4 is 4.74 Å². The van der Waals surface area contributed by atoms with Crippen LogP contribution in [-0.2, 0) is 11.3 Å². The van der Waals surface area contributed by atoms with Crippen LogP contribution in [0.2, 0.25) is 0 Å². The Morgan fingerprint density at radius 1 is 1.14 bits per heavy atom. The van der Waals surface area contributed by atoms with Gasteiger partial charge in [0.05, 0.1) is 30.5 Å². The number of aliphatic hydroxyl groups excluding tert-OH is 1. The first kappa shape index (κ1) is 24.8. The van der Waals surface area contributed by atoms with Gasteiger partial charge in [-0.25, -0.2) is 0 Å². The highest BCUT2D eigenvalue weighted by molar-refractivity contribution is 9.10. The van der Waals surface area contributed by atoms with E-state index in [0.717, 1.165) is 9.86 Å². The Hall–Kier alpha value is -3.91. The van der Waals surface area contributed by atoms with Crippen molar-refractivity contribution < 1.29 is 23.8 Å². The Kier molecular flexibility index (Phi) is 6.84. The predicted molar refractivity (Wildman–Crippen MR) is 142 cm³/mol. The second kappa shape index (κ2) is 10.2. The summed E-state index contributed by atoms with van der Waals surface area (Å²) in [7, 11) is 0. The maximum Gasteiger partial charge on any atom is 0.290 e. The molecular weight excluding hydrogens is 536 g/mol. The highest BCUT2D eigenvalue weighted by Gasteiger charge is 2.44. The summed E-state index contributed by atoms with van der Waals surface area (Å²) in [6.45, 7) is 4.73. The second-order valence-corrected chi connectivity index (χ2v) is 10.2. The summed E-state index contributed by atoms with van der Waals surface area (Å²) >= 11 is 3.43. The minimum Gasteiger partial charge on any atom is -0.503 e. The molecule has 1 aliphatic heterocycles. The number of furan rings is 1. The molecule has 1 aliphatic rings. The quantitative estimate of drug-likeness (QED) is 0.250. The van der Waals surface area contributed by atoms with E-state index in [0.29, 0.717) is 35.1 Å². The van der Waals surface area contributed by atoms with Gasteiger partial charge in [-0.2, -0.15) is 0 Å². The van der Waals surface area contributed by atoms with Crippen molar-refractivity contribution in [3.05, 3.63) is 106 Å². The van der Waals surface area contributed by atoms with E-state index in [4.69, 9.17) is 9.15 Å². The van der Waals surface area contributed by atoms with E-state index in [9.17, 15) is 14.7 Å². The molecule has 0 radical (unpaired) electrons. The highest BCUT2D eigenvalue weighted by atomic mass is 79.9. The smallest absolute Gasteiger partial charge is 0.290 e. The second-order valence-electron chi connectivity index (χ2n) is 9.32. The summed E-state index contributed by atoms with van der Waals surface area (Å²) in [5, 5.41) is 11.7. The van der Waals surface area contributed by atoms with E-state index in [1.807, 2.05) is 36.4 Å². The number of hydrogen-bond acceptors (Lipinski definition) is 6. The van der Waals surface area contributed by atoms with Crippen LogP contribution in [0, 0.1) is 5.92 Å². The molecule has 5 rings (SSSR count). The number of aromatic nitrogens is 1. The van der Waals surface area contributed by atoms with E-state index < -0.39 is 23.5 Å². The Labute approximate surface area is 222 Å². The van der Waals surface area contributed by atoms with Crippen LogP contribution >= 0.6 is 15.9 Å². The van der Waals surface area contributed by atoms with Gasteiger partial charge in [-0.3, -0.25) is 14.6 Å². The Morgan fingerprint density at radius 2 is 1.97 bits per heavy atom. The Balaban J connectivity index is 1.58. The standard InChI is InChI=1S/C29H25BrN2O5/c1-17(2)16-36-22-8-5-6-18(13-22)26-25(27(33)24-14-19-12-20(30)9-10-23(19)37-24)28(34)29(35)32(26)15-21-7-3-4-11-31-21/h3-14,17,26,34H,15-16H2,1-2H3. The summed E-state index contributed by atoms with van der Waals surface area (Å²) in [6, 6.07) is 18.8. The lowest BCUT2D eigenvalue weighted by Crippen LogP contribution is -2.31. The number of Topliss-reactive ketones (excluding diaryl/α,β-unsaturated/α-hetero) is 1. The van der Waals surface area contributed by atoms with E-state index in [1.54, 1.807) is 36.5 Å². The third kappa shape index (κ3) is 5.02. The number of carbonyl (C=O) groups excluding carboxylic acids is 2. The molecule has 7 nitrogen and oxygen atoms in total. The van der Waals surface area contributed by atoms with Gasteiger partial charge in [0.1, 0.15) is 11.3 Å². The number of amides is 1. The van der Waals surface area contributed by atoms with Crippen LogP contribution in [0.4, 0.5) is 0 Å². The van der Waals surface area contributed by atoms with Crippen molar-refractivity contribution in [3.8, 4) is 5.75 Å². The zero-order chi connectivity index (χ0) is 26.1. The lowest BCUT2D eigenvalue weighted by atomic mass is 9.94. The first-order valence-corrected chi connectivity index (χ1v) is 12.7. The number of fused-ring (bicyclic) bond motifs is 1. The largest absolute Gasteiger partial charge is 0.503 e. The molecule has 1 N–H and O–H groups in total. The molecule has 0 aliphatic carbocycles. The third-order valence-corrected chi connectivity index (χ3v) is 6.56. The zero-order valence-corrected chi connectivity index (χ0v) is 21.9. The van der Waals surface area contributed by atoms with Gasteiger partial charge in [0.15, 0.2) is 11.5 Å². The molecule has 0 spiro atoms. The van der Waals surface area contributed by atoms with Gasteiger partial charge in [-0.1, -0.05) is 48.0 Å². The Morgan fingerprint density at radius 3 is 2.73 bits per heavy atom. The number of carbonyl (C=O) groups is 2. The number of halogens is 1. The molecule has 4 aromatic rings. The fraction of sp³-hybridized carbons (Fsp3) is 0.207. The molecular formula is C29H25BrN2O5. The zero-order valence-electron chi connectivity index (χ0n) is 20.3. The van der Waals surface area contributed by atoms with Gasteiger partial charge in [0.2, 0.25) is 5.78 Å². The normalized spacial score (nSPS) is 15.7. The van der Waals surface area contributed by atoms with Gasteiger partial charge in [0.25, 0.3) is 5.91 Å². The lowest BCUT2D eigenvalue weighted by molar-refractivity contribution is -0.130. The first-order chi connectivity index (χ1) is 17.8. The summed E-state index contributed by atoms with van der Waals surface area (Å²) in [5.41, 5.74) is 1.75. The SMILES string of the molecule is CC(C)COc1cccc(C2C(C(=O)c3cc4cc(Br)ccc4o3)=C(O)C(=O)N2Cc2ccccn2)c1. The molecule has 2 aromatic carbocycles. The number of pyridine rings is 1. The lowest BCUT2D eigenvalue weighted by Gasteiger charge is -2.26. The van der Waals surface area contributed by atoms with E-state index in [1.165, 1.54) is 4.90 Å². The molecule has 1 amide bonds. The number of ketones is 1. The molecule has 2 aromatic heterocycles. The van der Waals surface area contributed by atoms with Gasteiger partial charge in [-0.05, 0) is 60.0 Å². The topological polar surface area (TPSA) is 92.9 Å². The van der Waals surface area contributed by atoms with Crippen molar-refractivity contribution in [2.45, 2.75) is 26.4 Å². The molecule has 0 fully saturated rings. The maximum absolute atomic E-state index is 13.8. The summed E-state index contributed by atoms with van der Waals surface area (Å²) in [5.74, 6) is -0.818. The number of benzene rings is 2. The Bertz CT molecular complexity index is 1510. The molecule has 0 saturated heterocycles. The molecule has 0 bridgehead atoms. The van der Waals surface area contributed by atoms with Crippen LogP contribution in [0.3, 0.4) is 0 Å². The fourth-order valence-electron chi connectivity index (χ4n) is 4.36. The maximum atomic E-state index is 13.8. The van der Waals surface area contributed by atoms with Crippen molar-refractivity contribution in [2.75, 3.05) is 6.61 Å². The average molecular weight is 561 g/mol. The number of aliphatic hydroxyl groups is 1. The number of rotatable bonds is 8. The van der Waals surface area contributed by atoms with Gasteiger partial charge in [0, 0.05) is 16.1 Å². The minimum atomic E-state index is -0.857. The van der Waals surface area contributed by atoms with E-state index in [-0.39, 0.29) is 17.9 Å². The van der Waals surface area contributed by atoms with Crippen LogP contribution in [-0.4, -0.2) is 33.3 Å². The number of hydrogen-bond donors (Lipinski definition) is 1. The number of ether oxygens (including phenoxy) is 1. The molecule has 8 heteroatoms. The van der Waals surface area contributed by atoms with Gasteiger partial charge >= 0.3 is 0 Å². The first-order valence-electron chi connectivity index (χ1n) is 11.9. The molecule has 188 valence electrons. The van der Waals surface area contributed by atoms with Crippen LogP contribution in [0.15, 0.2) is 93.1 Å². The summed E-state index contributed by atoms with van der Waals surface area (Å²) < 4.78 is 12.6. The van der Waals surface area contributed by atoms with Crippen molar-refractivity contribution >= 4 is 38.6 Å². The monoisotopic (exact) mass is 560 g/mol. The van der Waals surface area contributed by atoms with Crippen LogP contribution in [0.1, 0.15) is 41.7 Å². The van der Waals surface area contributed by atoms with Gasteiger partial charge in [-0.15, -0.1) is 0 Å². The number of nitrogens with zero attached hydrogens (tertiary/aromatic N) is 2. The van der Waals surface area contributed by atoms with E-state index in [2.05, 4.69) is 34.8 Å². The van der Waals surface area contributed by atoms with E-state index >= 15 is 0 Å². The third-order valence-electron chi connectivity index (χ3n) is 6.07. The van der Waals surface area contributed by atoms with Crippen molar-refractivity contribution in [3.63, 3.8) is 0 Å². The highest BCUT2D eigenvalue weighted by Crippen LogP contribution is 2.41. The van der Waals surface area contributed by atoms with Crippen molar-refractivity contribution in [1.82, 2.24) is 9.88 Å². The fourth-order valence-corrected chi connectivity index (χ4v) is 4.74. The molecule has 0 saturated carbocycles. The molecule has 1 atom stereocenters. The minimum absolute atomic E-state index is 0.0411. The van der Waals surface area contributed by atoms with Crippen molar-refractivity contribution in [2.24, 2.45) is 5.92 Å². The van der Waals surface area contributed by atoms with Gasteiger partial charge < -0.3 is 19.2 Å². The van der Waals surface area contributed by atoms with Crippen LogP contribution in [0.25, 0.3) is 11.0 Å². The summed E-state index contributed by atoms with van der Waals surface area (Å²) in [6.07, 6.45) is 1.64. The molecule has 3 heterocycles.